The van der Waals surface area contributed by atoms with Crippen molar-refractivity contribution in [3.05, 3.63) is 21.0 Å². The van der Waals surface area contributed by atoms with E-state index in [2.05, 4.69) is 26.3 Å². The van der Waals surface area contributed by atoms with Gasteiger partial charge < -0.3 is 5.32 Å². The molecule has 0 saturated carbocycles. The van der Waals surface area contributed by atoms with Gasteiger partial charge in [-0.05, 0) is 28.3 Å². The van der Waals surface area contributed by atoms with Crippen molar-refractivity contribution in [1.82, 2.24) is 9.78 Å². The van der Waals surface area contributed by atoms with E-state index >= 15 is 0 Å². The Bertz CT molecular complexity index is 613. The van der Waals surface area contributed by atoms with E-state index in [1.54, 1.807) is 6.20 Å². The van der Waals surface area contributed by atoms with Gasteiger partial charge in [0.05, 0.1) is 17.6 Å². The van der Waals surface area contributed by atoms with E-state index < -0.39 is 10.0 Å². The fourth-order valence-electron chi connectivity index (χ4n) is 1.56. The summed E-state index contributed by atoms with van der Waals surface area (Å²) in [5.74, 6) is 0.218. The number of nitrogens with one attached hydrogen (secondary N) is 1. The van der Waals surface area contributed by atoms with Gasteiger partial charge in [-0.15, -0.1) is 0 Å². The lowest BCUT2D eigenvalue weighted by molar-refractivity contribution is 0.462. The summed E-state index contributed by atoms with van der Waals surface area (Å²) in [6.45, 7) is 4.94. The van der Waals surface area contributed by atoms with Gasteiger partial charge in [-0.2, -0.15) is 5.10 Å². The number of halogens is 1. The van der Waals surface area contributed by atoms with Crippen LogP contribution in [0.5, 0.6) is 0 Å². The second kappa shape index (κ2) is 7.19. The van der Waals surface area contributed by atoms with Crippen LogP contribution in [0.2, 0.25) is 0 Å². The molecule has 0 aliphatic carbocycles. The minimum atomic E-state index is -3.45. The van der Waals surface area contributed by atoms with Gasteiger partial charge in [0.15, 0.2) is 0 Å². The van der Waals surface area contributed by atoms with Crippen LogP contribution in [-0.4, -0.2) is 30.5 Å². The molecule has 1 rings (SSSR count). The summed E-state index contributed by atoms with van der Waals surface area (Å²) in [4.78, 5) is 12.0. The molecule has 0 amide bonds. The molecule has 0 aromatic carbocycles. The Hall–Kier alpha value is -0.930. The lowest BCUT2D eigenvalue weighted by atomic mass is 10.2. The summed E-state index contributed by atoms with van der Waals surface area (Å²) in [5, 5.41) is 11.9. The third kappa shape index (κ3) is 5.59. The van der Waals surface area contributed by atoms with E-state index in [9.17, 15) is 13.2 Å². The first kappa shape index (κ1) is 17.1. The molecule has 0 radical (unpaired) electrons. The topological polar surface area (TPSA) is 107 Å². The predicted octanol–water partition coefficient (Wildman–Crippen LogP) is 0.752. The number of primary sulfonamides is 1. The van der Waals surface area contributed by atoms with Gasteiger partial charge >= 0.3 is 0 Å². The third-order valence-corrected chi connectivity index (χ3v) is 4.07. The van der Waals surface area contributed by atoms with E-state index in [1.807, 2.05) is 13.8 Å². The number of sulfonamides is 1. The second-order valence-corrected chi connectivity index (χ2v) is 7.43. The van der Waals surface area contributed by atoms with Gasteiger partial charge in [-0.1, -0.05) is 13.8 Å². The first-order valence-electron chi connectivity index (χ1n) is 6.20. The highest BCUT2D eigenvalue weighted by atomic mass is 79.9. The van der Waals surface area contributed by atoms with Crippen molar-refractivity contribution in [3.8, 4) is 0 Å². The number of anilines is 1. The molecule has 1 aromatic heterocycles. The maximum absolute atomic E-state index is 12.0. The molecular weight excluding hydrogens is 348 g/mol. The zero-order valence-corrected chi connectivity index (χ0v) is 13.9. The number of hydrogen-bond acceptors (Lipinski definition) is 5. The Labute approximate surface area is 126 Å². The molecule has 0 atom stereocenters. The second-order valence-electron chi connectivity index (χ2n) is 4.90. The van der Waals surface area contributed by atoms with Crippen LogP contribution in [-0.2, 0) is 16.6 Å². The van der Waals surface area contributed by atoms with Crippen LogP contribution in [0.4, 0.5) is 5.69 Å². The smallest absolute Gasteiger partial charge is 0.283 e. The Kier molecular flexibility index (Phi) is 6.15. The van der Waals surface area contributed by atoms with Crippen molar-refractivity contribution in [2.24, 2.45) is 11.1 Å². The molecule has 1 aromatic rings. The number of nitrogens with two attached hydrogens (primary N) is 1. The zero-order chi connectivity index (χ0) is 15.3. The zero-order valence-electron chi connectivity index (χ0n) is 11.5. The Morgan fingerprint density at radius 2 is 2.15 bits per heavy atom. The fourth-order valence-corrected chi connectivity index (χ4v) is 2.55. The van der Waals surface area contributed by atoms with Crippen LogP contribution < -0.4 is 16.0 Å². The normalized spacial score (nSPS) is 11.8. The van der Waals surface area contributed by atoms with Crippen molar-refractivity contribution in [2.75, 3.05) is 17.6 Å². The molecule has 0 unspecified atom stereocenters. The number of rotatable bonds is 7. The largest absolute Gasteiger partial charge is 0.383 e. The van der Waals surface area contributed by atoms with E-state index in [0.717, 1.165) is 0 Å². The SMILES string of the molecule is CC(C)Cn1ncc(NCCCS(N)(=O)=O)c(Br)c1=O. The standard InChI is InChI=1S/C11H19BrN4O3S/c1-8(2)7-16-11(17)10(12)9(6-15-16)14-4-3-5-20(13,18)19/h6,8,14H,3-5,7H2,1-2H3,(H2,13,18,19). The average Bonchev–Trinajstić information content (AvgIpc) is 2.31. The van der Waals surface area contributed by atoms with Gasteiger partial charge in [-0.25, -0.2) is 18.2 Å². The first-order chi connectivity index (χ1) is 9.20. The highest BCUT2D eigenvalue weighted by Crippen LogP contribution is 2.16. The minimum absolute atomic E-state index is 0.102. The molecule has 0 bridgehead atoms. The van der Waals surface area contributed by atoms with Crippen LogP contribution in [0.3, 0.4) is 0 Å². The van der Waals surface area contributed by atoms with Gasteiger partial charge in [0.1, 0.15) is 4.47 Å². The Morgan fingerprint density at radius 3 is 2.70 bits per heavy atom. The summed E-state index contributed by atoms with van der Waals surface area (Å²) in [5.41, 5.74) is 0.333. The molecule has 0 fully saturated rings. The quantitative estimate of drug-likeness (QED) is 0.692. The average molecular weight is 367 g/mol. The fraction of sp³-hybridized carbons (Fsp3) is 0.636. The molecular formula is C11H19BrN4O3S. The molecule has 1 heterocycles. The Balaban J connectivity index is 2.69. The number of aromatic nitrogens is 2. The van der Waals surface area contributed by atoms with E-state index in [4.69, 9.17) is 5.14 Å². The number of hydrogen-bond donors (Lipinski definition) is 2. The highest BCUT2D eigenvalue weighted by molar-refractivity contribution is 9.10. The van der Waals surface area contributed by atoms with Crippen LogP contribution >= 0.6 is 15.9 Å². The van der Waals surface area contributed by atoms with Crippen molar-refractivity contribution in [1.29, 1.82) is 0 Å². The van der Waals surface area contributed by atoms with Gasteiger partial charge in [0.25, 0.3) is 5.56 Å². The van der Waals surface area contributed by atoms with Gasteiger partial charge in [0, 0.05) is 13.1 Å². The van der Waals surface area contributed by atoms with Crippen LogP contribution in [0.1, 0.15) is 20.3 Å². The van der Waals surface area contributed by atoms with E-state index in [1.165, 1.54) is 4.68 Å². The molecule has 3 N–H and O–H groups in total. The summed E-state index contributed by atoms with van der Waals surface area (Å²) < 4.78 is 23.4. The summed E-state index contributed by atoms with van der Waals surface area (Å²) in [6, 6.07) is 0. The van der Waals surface area contributed by atoms with Crippen LogP contribution in [0, 0.1) is 5.92 Å². The van der Waals surface area contributed by atoms with Crippen molar-refractivity contribution in [3.63, 3.8) is 0 Å². The predicted molar refractivity (Wildman–Crippen MR) is 82.1 cm³/mol. The lowest BCUT2D eigenvalue weighted by Crippen LogP contribution is -2.26. The van der Waals surface area contributed by atoms with Crippen LogP contribution in [0.15, 0.2) is 15.5 Å². The first-order valence-corrected chi connectivity index (χ1v) is 8.71. The summed E-state index contributed by atoms with van der Waals surface area (Å²) in [7, 11) is -3.45. The number of nitrogens with zero attached hydrogens (tertiary/aromatic N) is 2. The molecule has 9 heteroatoms. The monoisotopic (exact) mass is 366 g/mol. The third-order valence-electron chi connectivity index (χ3n) is 2.44. The van der Waals surface area contributed by atoms with E-state index in [0.29, 0.717) is 35.6 Å². The van der Waals surface area contributed by atoms with Crippen molar-refractivity contribution >= 4 is 31.6 Å². The molecule has 20 heavy (non-hydrogen) atoms. The Morgan fingerprint density at radius 1 is 1.50 bits per heavy atom. The highest BCUT2D eigenvalue weighted by Gasteiger charge is 2.10. The summed E-state index contributed by atoms with van der Waals surface area (Å²) >= 11 is 3.23. The molecule has 114 valence electrons. The van der Waals surface area contributed by atoms with E-state index in [-0.39, 0.29) is 11.3 Å². The maximum Gasteiger partial charge on any atom is 0.283 e. The van der Waals surface area contributed by atoms with Gasteiger partial charge in [-0.3, -0.25) is 4.79 Å². The summed E-state index contributed by atoms with van der Waals surface area (Å²) in [6.07, 6.45) is 1.91. The molecule has 0 aliphatic rings. The molecule has 0 saturated heterocycles. The minimum Gasteiger partial charge on any atom is -0.383 e. The molecule has 0 spiro atoms. The molecule has 0 aliphatic heterocycles. The van der Waals surface area contributed by atoms with Crippen molar-refractivity contribution in [2.45, 2.75) is 26.8 Å². The lowest BCUT2D eigenvalue weighted by Gasteiger charge is -2.11. The maximum atomic E-state index is 12.0. The van der Waals surface area contributed by atoms with Crippen LogP contribution in [0.25, 0.3) is 0 Å². The van der Waals surface area contributed by atoms with Crippen molar-refractivity contribution < 1.29 is 8.42 Å². The molecule has 7 nitrogen and oxygen atoms in total. The van der Waals surface area contributed by atoms with Gasteiger partial charge in [0.2, 0.25) is 10.0 Å².